The van der Waals surface area contributed by atoms with Gasteiger partial charge in [0.1, 0.15) is 0 Å². The van der Waals surface area contributed by atoms with E-state index >= 15 is 0 Å². The van der Waals surface area contributed by atoms with Gasteiger partial charge in [0.25, 0.3) is 0 Å². The van der Waals surface area contributed by atoms with Gasteiger partial charge in [0.2, 0.25) is 11.0 Å². The zero-order valence-corrected chi connectivity index (χ0v) is 11.1. The van der Waals surface area contributed by atoms with Gasteiger partial charge < -0.3 is 10.2 Å². The maximum atomic E-state index is 10.9. The molecule has 1 aromatic heterocycles. The smallest absolute Gasteiger partial charge is 0.217 e. The third-order valence-corrected chi connectivity index (χ3v) is 4.64. The molecule has 1 amide bonds. The summed E-state index contributed by atoms with van der Waals surface area (Å²) in [4.78, 5) is 13.2. The number of nitrogens with one attached hydrogen (secondary N) is 1. The molecular formula is C9H11BrN4OS. The fourth-order valence-electron chi connectivity index (χ4n) is 2.46. The Bertz CT molecular complexity index is 425. The van der Waals surface area contributed by atoms with Crippen LogP contribution in [0, 0.1) is 11.8 Å². The summed E-state index contributed by atoms with van der Waals surface area (Å²) in [7, 11) is 0. The number of hydrogen-bond donors (Lipinski definition) is 1. The van der Waals surface area contributed by atoms with Crippen LogP contribution < -0.4 is 10.2 Å². The number of carbonyl (C=O) groups excluding carboxylic acids is 1. The Kier molecular flexibility index (Phi) is 2.39. The summed E-state index contributed by atoms with van der Waals surface area (Å²) in [6, 6.07) is 0.394. The number of amides is 1. The van der Waals surface area contributed by atoms with Gasteiger partial charge in [-0.25, -0.2) is 0 Å². The summed E-state index contributed by atoms with van der Waals surface area (Å²) >= 11 is 4.87. The molecule has 2 heterocycles. The first-order valence-electron chi connectivity index (χ1n) is 5.16. The van der Waals surface area contributed by atoms with Crippen LogP contribution in [0.5, 0.6) is 0 Å². The number of hydrogen-bond acceptors (Lipinski definition) is 5. The predicted octanol–water partition coefficient (Wildman–Crippen LogP) is 0.871. The Morgan fingerprint density at radius 2 is 2.19 bits per heavy atom. The van der Waals surface area contributed by atoms with E-state index in [-0.39, 0.29) is 5.91 Å². The topological polar surface area (TPSA) is 58.1 Å². The zero-order chi connectivity index (χ0) is 11.3. The molecule has 0 radical (unpaired) electrons. The molecule has 0 unspecified atom stereocenters. The average Bonchev–Trinajstić information content (AvgIpc) is 2.68. The average molecular weight is 303 g/mol. The van der Waals surface area contributed by atoms with Crippen LogP contribution in [0.4, 0.5) is 5.13 Å². The quantitative estimate of drug-likeness (QED) is 0.881. The molecule has 0 bridgehead atoms. The van der Waals surface area contributed by atoms with E-state index in [0.29, 0.717) is 17.9 Å². The SMILES string of the molecule is CC(=O)N[C@@H]1[C@@H]2CN(c3nnc(Br)s3)C[C@@H]21. The van der Waals surface area contributed by atoms with Crippen molar-refractivity contribution in [1.29, 1.82) is 0 Å². The van der Waals surface area contributed by atoms with Crippen LogP contribution in [0.3, 0.4) is 0 Å². The molecule has 1 aromatic rings. The van der Waals surface area contributed by atoms with Crippen molar-refractivity contribution in [2.75, 3.05) is 18.0 Å². The van der Waals surface area contributed by atoms with Crippen molar-refractivity contribution in [2.45, 2.75) is 13.0 Å². The molecule has 7 heteroatoms. The zero-order valence-electron chi connectivity index (χ0n) is 8.68. The third kappa shape index (κ3) is 1.71. The lowest BCUT2D eigenvalue weighted by atomic mass is 10.4. The van der Waals surface area contributed by atoms with E-state index in [1.165, 1.54) is 0 Å². The van der Waals surface area contributed by atoms with E-state index in [2.05, 4.69) is 36.3 Å². The maximum absolute atomic E-state index is 10.9. The first kappa shape index (κ1) is 10.5. The highest BCUT2D eigenvalue weighted by molar-refractivity contribution is 9.11. The second-order valence-corrected chi connectivity index (χ2v) is 6.53. The number of aromatic nitrogens is 2. The number of carbonyl (C=O) groups is 1. The highest BCUT2D eigenvalue weighted by Gasteiger charge is 2.56. The molecule has 86 valence electrons. The lowest BCUT2D eigenvalue weighted by Crippen LogP contribution is -2.33. The summed E-state index contributed by atoms with van der Waals surface area (Å²) in [5, 5.41) is 12.0. The molecule has 1 aliphatic heterocycles. The first-order valence-corrected chi connectivity index (χ1v) is 6.77. The van der Waals surface area contributed by atoms with Crippen LogP contribution in [0.2, 0.25) is 0 Å². The largest absolute Gasteiger partial charge is 0.353 e. The minimum Gasteiger partial charge on any atom is -0.353 e. The van der Waals surface area contributed by atoms with Crippen molar-refractivity contribution in [3.63, 3.8) is 0 Å². The van der Waals surface area contributed by atoms with E-state index < -0.39 is 0 Å². The Morgan fingerprint density at radius 1 is 1.50 bits per heavy atom. The molecule has 1 aliphatic carbocycles. The summed E-state index contributed by atoms with van der Waals surface area (Å²) < 4.78 is 0.821. The summed E-state index contributed by atoms with van der Waals surface area (Å²) in [5.41, 5.74) is 0. The molecule has 3 rings (SSSR count). The Balaban J connectivity index is 1.61. The van der Waals surface area contributed by atoms with Crippen LogP contribution >= 0.6 is 27.3 Å². The van der Waals surface area contributed by atoms with Crippen molar-refractivity contribution in [3.8, 4) is 0 Å². The first-order chi connectivity index (χ1) is 7.65. The molecule has 2 aliphatic rings. The van der Waals surface area contributed by atoms with Gasteiger partial charge >= 0.3 is 0 Å². The molecule has 1 saturated carbocycles. The van der Waals surface area contributed by atoms with Gasteiger partial charge in [0.05, 0.1) is 0 Å². The molecular weight excluding hydrogens is 292 g/mol. The van der Waals surface area contributed by atoms with Gasteiger partial charge in [-0.05, 0) is 15.9 Å². The number of nitrogens with zero attached hydrogens (tertiary/aromatic N) is 3. The van der Waals surface area contributed by atoms with Gasteiger partial charge in [-0.1, -0.05) is 11.3 Å². The lowest BCUT2D eigenvalue weighted by Gasteiger charge is -2.17. The lowest BCUT2D eigenvalue weighted by molar-refractivity contribution is -0.119. The third-order valence-electron chi connectivity index (χ3n) is 3.22. The maximum Gasteiger partial charge on any atom is 0.217 e. The van der Waals surface area contributed by atoms with E-state index in [1.54, 1.807) is 18.3 Å². The number of halogens is 1. The van der Waals surface area contributed by atoms with Crippen molar-refractivity contribution < 1.29 is 4.79 Å². The molecule has 1 saturated heterocycles. The second kappa shape index (κ2) is 3.66. The number of anilines is 1. The van der Waals surface area contributed by atoms with Crippen LogP contribution in [-0.2, 0) is 4.79 Å². The van der Waals surface area contributed by atoms with E-state index in [9.17, 15) is 4.79 Å². The monoisotopic (exact) mass is 302 g/mol. The molecule has 2 fully saturated rings. The standard InChI is InChI=1S/C9H11BrN4OS/c1-4(15)11-7-5-2-14(3-6(5)7)9-13-12-8(10)16-9/h5-7H,2-3H2,1H3,(H,11,15)/t5-,6+,7-. The fraction of sp³-hybridized carbons (Fsp3) is 0.667. The van der Waals surface area contributed by atoms with Crippen LogP contribution in [0.1, 0.15) is 6.92 Å². The minimum absolute atomic E-state index is 0.0737. The van der Waals surface area contributed by atoms with Gasteiger partial charge in [-0.3, -0.25) is 4.79 Å². The summed E-state index contributed by atoms with van der Waals surface area (Å²) in [6.45, 7) is 3.54. The highest BCUT2D eigenvalue weighted by atomic mass is 79.9. The van der Waals surface area contributed by atoms with E-state index in [1.807, 2.05) is 0 Å². The van der Waals surface area contributed by atoms with Gasteiger partial charge in [-0.2, -0.15) is 0 Å². The van der Waals surface area contributed by atoms with Crippen LogP contribution in [-0.4, -0.2) is 35.2 Å². The van der Waals surface area contributed by atoms with Crippen LogP contribution in [0.25, 0.3) is 0 Å². The van der Waals surface area contributed by atoms with Crippen molar-refractivity contribution in [2.24, 2.45) is 11.8 Å². The molecule has 16 heavy (non-hydrogen) atoms. The van der Waals surface area contributed by atoms with Gasteiger partial charge in [0, 0.05) is 37.9 Å². The normalized spacial score (nSPS) is 31.4. The fourth-order valence-corrected chi connectivity index (χ4v) is 3.56. The van der Waals surface area contributed by atoms with Gasteiger partial charge in [-0.15, -0.1) is 10.2 Å². The van der Waals surface area contributed by atoms with Crippen molar-refractivity contribution in [3.05, 3.63) is 3.92 Å². The van der Waals surface area contributed by atoms with Gasteiger partial charge in [0.15, 0.2) is 3.92 Å². The molecule has 0 aromatic carbocycles. The summed E-state index contributed by atoms with van der Waals surface area (Å²) in [6.07, 6.45) is 0. The van der Waals surface area contributed by atoms with E-state index in [0.717, 1.165) is 22.1 Å². The predicted molar refractivity (Wildman–Crippen MR) is 64.4 cm³/mol. The highest BCUT2D eigenvalue weighted by Crippen LogP contribution is 2.47. The van der Waals surface area contributed by atoms with Crippen LogP contribution in [0.15, 0.2) is 3.92 Å². The molecule has 5 nitrogen and oxygen atoms in total. The number of piperidine rings is 1. The van der Waals surface area contributed by atoms with Crippen molar-refractivity contribution >= 4 is 38.3 Å². The molecule has 1 N–H and O–H groups in total. The number of rotatable bonds is 2. The number of fused-ring (bicyclic) bond motifs is 1. The minimum atomic E-state index is 0.0737. The molecule has 3 atom stereocenters. The van der Waals surface area contributed by atoms with E-state index in [4.69, 9.17) is 0 Å². The Hall–Kier alpha value is -0.690. The Morgan fingerprint density at radius 3 is 2.69 bits per heavy atom. The molecule has 0 spiro atoms. The Labute approximate surface area is 105 Å². The second-order valence-electron chi connectivity index (χ2n) is 4.30. The summed E-state index contributed by atoms with van der Waals surface area (Å²) in [5.74, 6) is 1.28. The van der Waals surface area contributed by atoms with Crippen molar-refractivity contribution in [1.82, 2.24) is 15.5 Å².